The van der Waals surface area contributed by atoms with Crippen LogP contribution in [-0.4, -0.2) is 59.3 Å². The molecule has 0 aliphatic rings. The number of carbonyl (C=O) groups excluding carboxylic acids is 3. The molecule has 9 heteroatoms. The molecule has 0 aromatic carbocycles. The number of aliphatic hydroxyl groups excluding tert-OH is 1. The molecule has 0 saturated heterocycles. The van der Waals surface area contributed by atoms with Crippen LogP contribution in [0.15, 0.2) is 0 Å². The Hall–Kier alpha value is -2.16. The van der Waals surface area contributed by atoms with Crippen LogP contribution in [-0.2, 0) is 23.9 Å². The zero-order valence-electron chi connectivity index (χ0n) is 40.9. The lowest BCUT2D eigenvalue weighted by Gasteiger charge is -2.18. The summed E-state index contributed by atoms with van der Waals surface area (Å²) < 4.78 is 6.08. The van der Waals surface area contributed by atoms with Gasteiger partial charge in [-0.1, -0.05) is 239 Å². The van der Waals surface area contributed by atoms with Crippen LogP contribution in [0, 0.1) is 0 Å². The second kappa shape index (κ2) is 48.3. The molecule has 0 aromatic heterocycles. The number of rotatable bonds is 50. The van der Waals surface area contributed by atoms with Crippen molar-refractivity contribution in [3.05, 3.63) is 0 Å². The molecule has 2 atom stereocenters. The summed E-state index contributed by atoms with van der Waals surface area (Å²) in [5.74, 6) is -2.26. The average molecular weight is 879 g/mol. The number of aliphatic hydroxyl groups is 1. The van der Waals surface area contributed by atoms with E-state index in [4.69, 9.17) is 14.9 Å². The van der Waals surface area contributed by atoms with Gasteiger partial charge in [-0.15, -0.1) is 0 Å². The van der Waals surface area contributed by atoms with E-state index >= 15 is 0 Å². The fraction of sp³-hybridized carbons (Fsp3) is 0.925. The van der Waals surface area contributed by atoms with Crippen molar-refractivity contribution in [1.82, 2.24) is 10.6 Å². The van der Waals surface area contributed by atoms with Gasteiger partial charge in [-0.25, -0.2) is 4.79 Å². The van der Waals surface area contributed by atoms with Crippen molar-refractivity contribution < 1.29 is 34.1 Å². The second-order valence-corrected chi connectivity index (χ2v) is 18.7. The number of hydrogen-bond acceptors (Lipinski definition) is 6. The monoisotopic (exact) mass is 879 g/mol. The van der Waals surface area contributed by atoms with E-state index in [-0.39, 0.29) is 24.5 Å². The highest BCUT2D eigenvalue weighted by molar-refractivity contribution is 5.87. The van der Waals surface area contributed by atoms with E-state index in [2.05, 4.69) is 24.5 Å². The van der Waals surface area contributed by atoms with Crippen molar-refractivity contribution in [1.29, 1.82) is 0 Å². The van der Waals surface area contributed by atoms with Crippen LogP contribution >= 0.6 is 0 Å². The number of carboxylic acid groups (broad SMARTS) is 1. The number of unbranched alkanes of at least 4 members (excludes halogenated alkanes) is 36. The van der Waals surface area contributed by atoms with Gasteiger partial charge in [-0.05, 0) is 38.5 Å². The van der Waals surface area contributed by atoms with Crippen LogP contribution in [0.4, 0.5) is 0 Å². The highest BCUT2D eigenvalue weighted by Gasteiger charge is 2.19. The topological polar surface area (TPSA) is 142 Å². The second-order valence-electron chi connectivity index (χ2n) is 18.7. The molecule has 9 nitrogen and oxygen atoms in total. The maximum absolute atomic E-state index is 12.9. The number of amides is 2. The maximum Gasteiger partial charge on any atom is 0.328 e. The zero-order valence-corrected chi connectivity index (χ0v) is 40.9. The molecule has 0 saturated carbocycles. The Bertz CT molecular complexity index is 1010. The van der Waals surface area contributed by atoms with Crippen LogP contribution in [0.5, 0.6) is 0 Å². The van der Waals surface area contributed by atoms with Gasteiger partial charge in [0.2, 0.25) is 11.8 Å². The standard InChI is InChI=1S/C53H102N2O7/c1-3-5-7-9-11-13-15-17-18-19-20-21-22-23-24-26-28-30-32-37-41-45-52(59)62-48(42-38-34-31-29-27-25-16-14-12-10-8-6-4-2)43-39-35-33-36-40-44-50(57)54-46-51(58)55-49(47-56)53(60)61/h48-49,56H,3-47H2,1-2H3,(H,54,57)(H,55,58)(H,60,61). The first-order valence-corrected chi connectivity index (χ1v) is 26.9. The SMILES string of the molecule is CCCCCCCCCCCCCCCCCCCCCCCC(=O)OC(CCCCCCCCCCCCCCC)CCCCCCCC(=O)NCC(=O)NC(CO)C(=O)O. The summed E-state index contributed by atoms with van der Waals surface area (Å²) in [7, 11) is 0. The first kappa shape index (κ1) is 59.8. The van der Waals surface area contributed by atoms with Gasteiger partial charge >= 0.3 is 11.9 Å². The van der Waals surface area contributed by atoms with Crippen molar-refractivity contribution in [3.8, 4) is 0 Å². The van der Waals surface area contributed by atoms with E-state index in [9.17, 15) is 19.2 Å². The first-order chi connectivity index (χ1) is 30.3. The Kier molecular flexibility index (Phi) is 46.6. The fourth-order valence-electron chi connectivity index (χ4n) is 8.48. The number of carboxylic acids is 1. The molecule has 0 aromatic rings. The third kappa shape index (κ3) is 44.4. The molecule has 0 bridgehead atoms. The number of esters is 1. The molecule has 0 aliphatic heterocycles. The minimum Gasteiger partial charge on any atom is -0.480 e. The van der Waals surface area contributed by atoms with Gasteiger partial charge in [0.05, 0.1) is 13.2 Å². The number of nitrogens with one attached hydrogen (secondary N) is 2. The maximum atomic E-state index is 12.9. The molecular weight excluding hydrogens is 777 g/mol. The molecule has 0 aliphatic carbocycles. The summed E-state index contributed by atoms with van der Waals surface area (Å²) in [6.45, 7) is 3.53. The normalized spacial score (nSPS) is 12.3. The van der Waals surface area contributed by atoms with Gasteiger partial charge in [0, 0.05) is 12.8 Å². The number of carbonyl (C=O) groups is 4. The molecule has 0 heterocycles. The fourth-order valence-corrected chi connectivity index (χ4v) is 8.48. The Morgan fingerprint density at radius 1 is 0.419 bits per heavy atom. The molecule has 2 unspecified atom stereocenters. The largest absolute Gasteiger partial charge is 0.480 e. The van der Waals surface area contributed by atoms with Gasteiger partial charge < -0.3 is 25.6 Å². The molecule has 0 fully saturated rings. The zero-order chi connectivity index (χ0) is 45.4. The number of ether oxygens (including phenoxy) is 1. The van der Waals surface area contributed by atoms with E-state index in [0.29, 0.717) is 19.3 Å². The predicted octanol–water partition coefficient (Wildman–Crippen LogP) is 14.4. The van der Waals surface area contributed by atoms with Gasteiger partial charge in [-0.2, -0.15) is 0 Å². The van der Waals surface area contributed by atoms with Gasteiger partial charge in [0.15, 0.2) is 0 Å². The van der Waals surface area contributed by atoms with E-state index in [1.54, 1.807) is 0 Å². The van der Waals surface area contributed by atoms with E-state index in [0.717, 1.165) is 57.8 Å². The summed E-state index contributed by atoms with van der Waals surface area (Å²) in [6, 6.07) is -1.38. The molecule has 0 radical (unpaired) electrons. The van der Waals surface area contributed by atoms with Crippen LogP contribution < -0.4 is 10.6 Å². The lowest BCUT2D eigenvalue weighted by atomic mass is 10.0. The van der Waals surface area contributed by atoms with Gasteiger partial charge in [-0.3, -0.25) is 14.4 Å². The molecular formula is C53H102N2O7. The first-order valence-electron chi connectivity index (χ1n) is 26.9. The van der Waals surface area contributed by atoms with E-state index in [1.807, 2.05) is 0 Å². The summed E-state index contributed by atoms with van der Waals surface area (Å²) in [4.78, 5) is 47.8. The Balaban J connectivity index is 4.17. The van der Waals surface area contributed by atoms with Crippen molar-refractivity contribution in [3.63, 3.8) is 0 Å². The molecule has 0 spiro atoms. The number of aliphatic carboxylic acids is 1. The van der Waals surface area contributed by atoms with Gasteiger partial charge in [0.1, 0.15) is 12.1 Å². The minimum atomic E-state index is -1.38. The summed E-state index contributed by atoms with van der Waals surface area (Å²) in [5.41, 5.74) is 0. The molecule has 62 heavy (non-hydrogen) atoms. The highest BCUT2D eigenvalue weighted by Crippen LogP contribution is 2.20. The summed E-state index contributed by atoms with van der Waals surface area (Å²) in [6.07, 6.45) is 52.9. The smallest absolute Gasteiger partial charge is 0.328 e. The molecule has 366 valence electrons. The van der Waals surface area contributed by atoms with Crippen LogP contribution in [0.2, 0.25) is 0 Å². The highest BCUT2D eigenvalue weighted by atomic mass is 16.5. The van der Waals surface area contributed by atoms with E-state index < -0.39 is 24.5 Å². The van der Waals surface area contributed by atoms with Crippen molar-refractivity contribution >= 4 is 23.8 Å². The number of hydrogen-bond donors (Lipinski definition) is 4. The van der Waals surface area contributed by atoms with Crippen LogP contribution in [0.3, 0.4) is 0 Å². The Labute approximate surface area is 382 Å². The molecule has 4 N–H and O–H groups in total. The summed E-state index contributed by atoms with van der Waals surface area (Å²) >= 11 is 0. The third-order valence-electron chi connectivity index (χ3n) is 12.6. The summed E-state index contributed by atoms with van der Waals surface area (Å²) in [5, 5.41) is 22.6. The Morgan fingerprint density at radius 3 is 1.05 bits per heavy atom. The van der Waals surface area contributed by atoms with Gasteiger partial charge in [0.25, 0.3) is 0 Å². The third-order valence-corrected chi connectivity index (χ3v) is 12.6. The van der Waals surface area contributed by atoms with Crippen LogP contribution in [0.25, 0.3) is 0 Å². The van der Waals surface area contributed by atoms with Crippen LogP contribution in [0.1, 0.15) is 290 Å². The Morgan fingerprint density at radius 2 is 0.726 bits per heavy atom. The average Bonchev–Trinajstić information content (AvgIpc) is 3.26. The minimum absolute atomic E-state index is 0.00593. The van der Waals surface area contributed by atoms with Crippen molar-refractivity contribution in [2.24, 2.45) is 0 Å². The van der Waals surface area contributed by atoms with Crippen molar-refractivity contribution in [2.45, 2.75) is 302 Å². The quantitative estimate of drug-likeness (QED) is 0.0352. The van der Waals surface area contributed by atoms with Crippen molar-refractivity contribution in [2.75, 3.05) is 13.2 Å². The molecule has 0 rings (SSSR count). The predicted molar refractivity (Wildman–Crippen MR) is 259 cm³/mol. The lowest BCUT2D eigenvalue weighted by molar-refractivity contribution is -0.150. The lowest BCUT2D eigenvalue weighted by Crippen LogP contribution is -2.47. The molecule has 2 amide bonds. The van der Waals surface area contributed by atoms with E-state index in [1.165, 1.54) is 199 Å².